The fourth-order valence-corrected chi connectivity index (χ4v) is 6.43. The maximum atomic E-state index is 13.8. The van der Waals surface area contributed by atoms with E-state index in [9.17, 15) is 13.2 Å². The van der Waals surface area contributed by atoms with Gasteiger partial charge in [-0.15, -0.1) is 0 Å². The summed E-state index contributed by atoms with van der Waals surface area (Å²) in [5.74, 6) is 0. The third kappa shape index (κ3) is 4.03. The lowest BCUT2D eigenvalue weighted by atomic mass is 10.0. The lowest BCUT2D eigenvalue weighted by molar-refractivity contribution is -0.137. The molecular formula is C38H25F3N2. The van der Waals surface area contributed by atoms with Crippen LogP contribution >= 0.6 is 0 Å². The fraction of sp³-hybridized carbons (Fsp3) is 0.0526. The Morgan fingerprint density at radius 1 is 0.442 bits per heavy atom. The van der Waals surface area contributed by atoms with E-state index in [2.05, 4.69) is 84.3 Å². The molecule has 0 aliphatic heterocycles. The Morgan fingerprint density at radius 2 is 0.930 bits per heavy atom. The monoisotopic (exact) mass is 566 g/mol. The maximum Gasteiger partial charge on any atom is 0.416 e. The van der Waals surface area contributed by atoms with Crippen LogP contribution in [0, 0.1) is 6.92 Å². The van der Waals surface area contributed by atoms with Crippen LogP contribution in [-0.4, -0.2) is 9.13 Å². The summed E-state index contributed by atoms with van der Waals surface area (Å²) < 4.78 is 45.5. The Hall–Kier alpha value is -5.29. The van der Waals surface area contributed by atoms with E-state index in [0.717, 1.165) is 55.9 Å². The van der Waals surface area contributed by atoms with Crippen LogP contribution in [0.3, 0.4) is 0 Å². The highest BCUT2D eigenvalue weighted by atomic mass is 19.4. The molecule has 6 aromatic carbocycles. The number of para-hydroxylation sites is 2. The number of alkyl halides is 3. The Morgan fingerprint density at radius 3 is 1.49 bits per heavy atom. The van der Waals surface area contributed by atoms with Gasteiger partial charge in [-0.05, 0) is 78.2 Å². The van der Waals surface area contributed by atoms with E-state index in [-0.39, 0.29) is 0 Å². The van der Waals surface area contributed by atoms with Gasteiger partial charge in [-0.3, -0.25) is 0 Å². The molecule has 43 heavy (non-hydrogen) atoms. The highest BCUT2D eigenvalue weighted by molar-refractivity contribution is 6.10. The minimum atomic E-state index is -4.43. The van der Waals surface area contributed by atoms with Crippen LogP contribution in [0.4, 0.5) is 13.2 Å². The Kier molecular flexibility index (Phi) is 5.54. The van der Waals surface area contributed by atoms with Gasteiger partial charge in [0.25, 0.3) is 0 Å². The second-order valence-corrected chi connectivity index (χ2v) is 11.1. The van der Waals surface area contributed by atoms with Gasteiger partial charge in [0.2, 0.25) is 0 Å². The molecule has 0 spiro atoms. The lowest BCUT2D eigenvalue weighted by Crippen LogP contribution is -2.05. The van der Waals surface area contributed by atoms with Crippen molar-refractivity contribution in [3.05, 3.63) is 145 Å². The molecule has 0 atom stereocenters. The van der Waals surface area contributed by atoms with E-state index < -0.39 is 11.7 Å². The van der Waals surface area contributed by atoms with Crippen LogP contribution < -0.4 is 0 Å². The summed E-state index contributed by atoms with van der Waals surface area (Å²) >= 11 is 0. The van der Waals surface area contributed by atoms with Crippen LogP contribution in [0.25, 0.3) is 66.1 Å². The molecular weight excluding hydrogens is 541 g/mol. The van der Waals surface area contributed by atoms with Gasteiger partial charge in [-0.25, -0.2) is 0 Å². The molecule has 8 rings (SSSR count). The first-order valence-electron chi connectivity index (χ1n) is 14.2. The van der Waals surface area contributed by atoms with Crippen molar-refractivity contribution in [1.29, 1.82) is 0 Å². The highest BCUT2D eigenvalue weighted by Crippen LogP contribution is 2.38. The molecule has 2 heterocycles. The number of hydrogen-bond acceptors (Lipinski definition) is 0. The number of benzene rings is 6. The molecule has 5 heteroatoms. The van der Waals surface area contributed by atoms with Crippen LogP contribution in [0.5, 0.6) is 0 Å². The number of nitrogens with zero attached hydrogens (tertiary/aromatic N) is 2. The van der Waals surface area contributed by atoms with Crippen molar-refractivity contribution in [2.45, 2.75) is 13.1 Å². The summed E-state index contributed by atoms with van der Waals surface area (Å²) in [7, 11) is 0. The summed E-state index contributed by atoms with van der Waals surface area (Å²) in [5.41, 5.74) is 8.08. The molecule has 0 unspecified atom stereocenters. The van der Waals surface area contributed by atoms with Crippen molar-refractivity contribution in [3.63, 3.8) is 0 Å². The van der Waals surface area contributed by atoms with Gasteiger partial charge in [0, 0.05) is 32.9 Å². The van der Waals surface area contributed by atoms with Gasteiger partial charge in [0.15, 0.2) is 0 Å². The first kappa shape index (κ1) is 25.4. The summed E-state index contributed by atoms with van der Waals surface area (Å²) in [4.78, 5) is 0. The molecule has 0 bridgehead atoms. The van der Waals surface area contributed by atoms with Gasteiger partial charge >= 0.3 is 6.18 Å². The molecule has 0 saturated heterocycles. The first-order chi connectivity index (χ1) is 20.9. The average Bonchev–Trinajstić information content (AvgIpc) is 3.53. The third-order valence-corrected chi connectivity index (χ3v) is 8.37. The zero-order chi connectivity index (χ0) is 29.3. The van der Waals surface area contributed by atoms with Crippen LogP contribution in [-0.2, 0) is 6.18 Å². The Balaban J connectivity index is 1.32. The third-order valence-electron chi connectivity index (χ3n) is 8.37. The van der Waals surface area contributed by atoms with E-state index in [1.807, 2.05) is 47.0 Å². The van der Waals surface area contributed by atoms with Crippen molar-refractivity contribution in [2.75, 3.05) is 0 Å². The van der Waals surface area contributed by atoms with Crippen molar-refractivity contribution >= 4 is 43.6 Å². The minimum Gasteiger partial charge on any atom is -0.309 e. The van der Waals surface area contributed by atoms with Gasteiger partial charge in [-0.1, -0.05) is 78.9 Å². The van der Waals surface area contributed by atoms with Gasteiger partial charge < -0.3 is 9.13 Å². The SMILES string of the molecule is Cc1ccc2c3ccccc3n(-c3cccc(-c4cccc(-n5c6ccccc6c6ccc(C(F)(F)F)cc65)c4)c3)c2c1. The van der Waals surface area contributed by atoms with Crippen LogP contribution in [0.15, 0.2) is 133 Å². The quantitative estimate of drug-likeness (QED) is 0.201. The maximum absolute atomic E-state index is 13.8. The van der Waals surface area contributed by atoms with E-state index in [0.29, 0.717) is 5.52 Å². The molecule has 0 radical (unpaired) electrons. The van der Waals surface area contributed by atoms with Crippen molar-refractivity contribution in [3.8, 4) is 22.5 Å². The van der Waals surface area contributed by atoms with Crippen molar-refractivity contribution in [1.82, 2.24) is 9.13 Å². The fourth-order valence-electron chi connectivity index (χ4n) is 6.43. The molecule has 2 nitrogen and oxygen atoms in total. The van der Waals surface area contributed by atoms with E-state index in [1.165, 1.54) is 22.4 Å². The van der Waals surface area contributed by atoms with Crippen molar-refractivity contribution < 1.29 is 13.2 Å². The lowest BCUT2D eigenvalue weighted by Gasteiger charge is -2.13. The van der Waals surface area contributed by atoms with Gasteiger partial charge in [0.1, 0.15) is 0 Å². The second kappa shape index (κ2) is 9.36. The zero-order valence-corrected chi connectivity index (χ0v) is 23.2. The zero-order valence-electron chi connectivity index (χ0n) is 23.2. The summed E-state index contributed by atoms with van der Waals surface area (Å²) in [5, 5.41) is 4.12. The topological polar surface area (TPSA) is 9.86 Å². The van der Waals surface area contributed by atoms with E-state index in [4.69, 9.17) is 0 Å². The smallest absolute Gasteiger partial charge is 0.309 e. The number of fused-ring (bicyclic) bond motifs is 6. The Labute approximate surface area is 245 Å². The first-order valence-corrected chi connectivity index (χ1v) is 14.2. The van der Waals surface area contributed by atoms with Crippen molar-refractivity contribution in [2.24, 2.45) is 0 Å². The molecule has 208 valence electrons. The highest BCUT2D eigenvalue weighted by Gasteiger charge is 2.31. The largest absolute Gasteiger partial charge is 0.416 e. The van der Waals surface area contributed by atoms with E-state index in [1.54, 1.807) is 6.07 Å². The molecule has 0 N–H and O–H groups in total. The van der Waals surface area contributed by atoms with Gasteiger partial charge in [0.05, 0.1) is 27.6 Å². The summed E-state index contributed by atoms with van der Waals surface area (Å²) in [6.07, 6.45) is -4.43. The predicted molar refractivity (Wildman–Crippen MR) is 170 cm³/mol. The van der Waals surface area contributed by atoms with Gasteiger partial charge in [-0.2, -0.15) is 13.2 Å². The molecule has 0 amide bonds. The molecule has 8 aromatic rings. The molecule has 0 aliphatic carbocycles. The number of hydrogen-bond donors (Lipinski definition) is 0. The number of halogens is 3. The second-order valence-electron chi connectivity index (χ2n) is 11.1. The summed E-state index contributed by atoms with van der Waals surface area (Å²) in [6.45, 7) is 2.11. The average molecular weight is 567 g/mol. The molecule has 0 fully saturated rings. The number of aryl methyl sites for hydroxylation is 1. The van der Waals surface area contributed by atoms with E-state index >= 15 is 0 Å². The number of rotatable bonds is 3. The van der Waals surface area contributed by atoms with Crippen LogP contribution in [0.2, 0.25) is 0 Å². The predicted octanol–water partition coefficient (Wildman–Crippen LogP) is 10.9. The minimum absolute atomic E-state index is 0.530. The molecule has 2 aromatic heterocycles. The van der Waals surface area contributed by atoms with Crippen LogP contribution in [0.1, 0.15) is 11.1 Å². The number of aromatic nitrogens is 2. The molecule has 0 saturated carbocycles. The Bertz CT molecular complexity index is 2350. The summed E-state index contributed by atoms with van der Waals surface area (Å²) in [6, 6.07) is 43.2. The normalized spacial score (nSPS) is 12.2. The molecule has 0 aliphatic rings. The standard InChI is InChI=1S/C38H25F3N2/c1-24-16-18-32-30-12-2-4-14-34(30)42(36(32)20-24)28-10-6-8-25(21-28)26-9-7-11-29(22-26)43-35-15-5-3-13-31(35)33-19-17-27(23-37(33)43)38(39,40)41/h2-23H,1H3.